The van der Waals surface area contributed by atoms with E-state index >= 15 is 0 Å². The molecule has 4 rings (SSSR count). The standard InChI is InChI=1S/C22H12Cl2N4/c23-16-5-1-14(2-6-16)19-11-18(9-10-25)28-22(20(19)13-26)12-21(27-28)15-3-7-17(24)8-4-15/h1-8,11-12H,9H2. The first-order chi connectivity index (χ1) is 13.6. The van der Waals surface area contributed by atoms with Crippen LogP contribution >= 0.6 is 23.2 Å². The van der Waals surface area contributed by atoms with Gasteiger partial charge in [-0.3, -0.25) is 0 Å². The van der Waals surface area contributed by atoms with Crippen molar-refractivity contribution in [3.05, 3.63) is 82.0 Å². The lowest BCUT2D eigenvalue weighted by atomic mass is 9.98. The molecule has 0 aliphatic carbocycles. The van der Waals surface area contributed by atoms with Gasteiger partial charge in [0.25, 0.3) is 0 Å². The lowest BCUT2D eigenvalue weighted by Gasteiger charge is -2.10. The minimum atomic E-state index is 0.171. The highest BCUT2D eigenvalue weighted by Crippen LogP contribution is 2.32. The summed E-state index contributed by atoms with van der Waals surface area (Å²) in [5, 5.41) is 25.0. The van der Waals surface area contributed by atoms with Gasteiger partial charge in [-0.05, 0) is 42.0 Å². The van der Waals surface area contributed by atoms with Crippen molar-refractivity contribution in [1.29, 1.82) is 10.5 Å². The van der Waals surface area contributed by atoms with E-state index in [0.29, 0.717) is 32.5 Å². The number of fused-ring (bicyclic) bond motifs is 1. The summed E-state index contributed by atoms with van der Waals surface area (Å²) in [5.41, 5.74) is 5.06. The van der Waals surface area contributed by atoms with Crippen LogP contribution in [-0.4, -0.2) is 9.61 Å². The maximum absolute atomic E-state index is 9.87. The van der Waals surface area contributed by atoms with Gasteiger partial charge < -0.3 is 0 Å². The Morgan fingerprint density at radius 1 is 0.857 bits per heavy atom. The maximum atomic E-state index is 9.87. The van der Waals surface area contributed by atoms with Gasteiger partial charge in [-0.2, -0.15) is 15.6 Å². The molecule has 28 heavy (non-hydrogen) atoms. The molecule has 0 saturated heterocycles. The minimum absolute atomic E-state index is 0.171. The van der Waals surface area contributed by atoms with E-state index in [0.717, 1.165) is 16.7 Å². The molecule has 6 heteroatoms. The molecule has 0 fully saturated rings. The lowest BCUT2D eigenvalue weighted by Crippen LogP contribution is -2.02. The molecule has 0 aliphatic rings. The van der Waals surface area contributed by atoms with E-state index in [1.807, 2.05) is 36.4 Å². The fraction of sp³-hybridized carbons (Fsp3) is 0.0455. The van der Waals surface area contributed by atoms with Crippen LogP contribution in [0.1, 0.15) is 11.3 Å². The third-order valence-electron chi connectivity index (χ3n) is 4.49. The zero-order chi connectivity index (χ0) is 19.7. The summed E-state index contributed by atoms with van der Waals surface area (Å²) < 4.78 is 1.67. The van der Waals surface area contributed by atoms with Gasteiger partial charge in [0.2, 0.25) is 0 Å². The molecule has 0 bridgehead atoms. The van der Waals surface area contributed by atoms with E-state index in [1.165, 1.54) is 0 Å². The molecule has 134 valence electrons. The third-order valence-corrected chi connectivity index (χ3v) is 4.99. The summed E-state index contributed by atoms with van der Waals surface area (Å²) in [6.07, 6.45) is 0.171. The van der Waals surface area contributed by atoms with Gasteiger partial charge in [0.15, 0.2) is 0 Å². The largest absolute Gasteiger partial charge is 0.235 e. The molecule has 0 aliphatic heterocycles. The lowest BCUT2D eigenvalue weighted by molar-refractivity contribution is 0.893. The Bertz CT molecular complexity index is 1260. The minimum Gasteiger partial charge on any atom is -0.235 e. The molecule has 0 spiro atoms. The van der Waals surface area contributed by atoms with Crippen molar-refractivity contribution >= 4 is 28.7 Å². The van der Waals surface area contributed by atoms with Crippen LogP contribution in [0.3, 0.4) is 0 Å². The van der Waals surface area contributed by atoms with Gasteiger partial charge in [0.05, 0.1) is 35.0 Å². The van der Waals surface area contributed by atoms with Crippen LogP contribution < -0.4 is 0 Å². The predicted octanol–water partition coefficient (Wildman–Crippen LogP) is 5.91. The molecule has 0 amide bonds. The van der Waals surface area contributed by atoms with Crippen molar-refractivity contribution in [1.82, 2.24) is 9.61 Å². The van der Waals surface area contributed by atoms with E-state index in [4.69, 9.17) is 23.2 Å². The van der Waals surface area contributed by atoms with Crippen molar-refractivity contribution in [3.8, 4) is 34.5 Å². The number of hydrogen-bond donors (Lipinski definition) is 0. The number of nitriles is 2. The molecule has 4 nitrogen and oxygen atoms in total. The predicted molar refractivity (Wildman–Crippen MR) is 110 cm³/mol. The van der Waals surface area contributed by atoms with Gasteiger partial charge in [-0.15, -0.1) is 0 Å². The summed E-state index contributed by atoms with van der Waals surface area (Å²) in [4.78, 5) is 0. The number of rotatable bonds is 3. The van der Waals surface area contributed by atoms with E-state index < -0.39 is 0 Å². The van der Waals surface area contributed by atoms with Gasteiger partial charge >= 0.3 is 0 Å². The number of nitrogens with zero attached hydrogens (tertiary/aromatic N) is 4. The van der Waals surface area contributed by atoms with E-state index in [9.17, 15) is 10.5 Å². The average Bonchev–Trinajstić information content (AvgIpc) is 3.14. The highest BCUT2D eigenvalue weighted by atomic mass is 35.5. The molecule has 0 unspecified atom stereocenters. The number of benzene rings is 2. The van der Waals surface area contributed by atoms with E-state index in [2.05, 4.69) is 17.2 Å². The molecule has 0 atom stereocenters. The molecule has 2 aromatic heterocycles. The van der Waals surface area contributed by atoms with Gasteiger partial charge in [0.1, 0.15) is 6.07 Å². The smallest absolute Gasteiger partial charge is 0.102 e. The van der Waals surface area contributed by atoms with Crippen LogP contribution in [0.4, 0.5) is 0 Å². The van der Waals surface area contributed by atoms with E-state index in [1.54, 1.807) is 28.8 Å². The molecule has 0 radical (unpaired) electrons. The number of pyridine rings is 1. The van der Waals surface area contributed by atoms with Crippen LogP contribution in [-0.2, 0) is 6.42 Å². The van der Waals surface area contributed by atoms with E-state index in [-0.39, 0.29) is 6.42 Å². The van der Waals surface area contributed by atoms with Crippen molar-refractivity contribution in [2.75, 3.05) is 0 Å². The molecule has 2 aromatic carbocycles. The zero-order valence-electron chi connectivity index (χ0n) is 14.5. The Kier molecular flexibility index (Phi) is 4.75. The summed E-state index contributed by atoms with van der Waals surface area (Å²) in [5.74, 6) is 0. The SMILES string of the molecule is N#CCc1cc(-c2ccc(Cl)cc2)c(C#N)c2cc(-c3ccc(Cl)cc3)nn12. The quantitative estimate of drug-likeness (QED) is 0.427. The number of halogens is 2. The van der Waals surface area contributed by atoms with Crippen LogP contribution in [0.5, 0.6) is 0 Å². The average molecular weight is 403 g/mol. The molecule has 2 heterocycles. The van der Waals surface area contributed by atoms with Crippen LogP contribution in [0.15, 0.2) is 60.7 Å². The first kappa shape index (κ1) is 18.1. The van der Waals surface area contributed by atoms with Crippen LogP contribution in [0.2, 0.25) is 10.0 Å². The summed E-state index contributed by atoms with van der Waals surface area (Å²) in [7, 11) is 0. The van der Waals surface area contributed by atoms with Gasteiger partial charge in [-0.1, -0.05) is 47.5 Å². The third kappa shape index (κ3) is 3.21. The number of aromatic nitrogens is 2. The van der Waals surface area contributed by atoms with Gasteiger partial charge in [0, 0.05) is 21.2 Å². The fourth-order valence-electron chi connectivity index (χ4n) is 3.16. The monoisotopic (exact) mass is 402 g/mol. The Balaban J connectivity index is 1.99. The topological polar surface area (TPSA) is 64.9 Å². The molecular weight excluding hydrogens is 391 g/mol. The maximum Gasteiger partial charge on any atom is 0.102 e. The second-order valence-electron chi connectivity index (χ2n) is 6.21. The summed E-state index contributed by atoms with van der Waals surface area (Å²) >= 11 is 12.0. The Morgan fingerprint density at radius 3 is 2.04 bits per heavy atom. The highest BCUT2D eigenvalue weighted by molar-refractivity contribution is 6.30. The van der Waals surface area contributed by atoms with Gasteiger partial charge in [-0.25, -0.2) is 4.52 Å². The van der Waals surface area contributed by atoms with Crippen molar-refractivity contribution in [3.63, 3.8) is 0 Å². The first-order valence-electron chi connectivity index (χ1n) is 8.45. The Hall–Kier alpha value is -3.31. The molecular formula is C22H12Cl2N4. The molecule has 4 aromatic rings. The van der Waals surface area contributed by atoms with Crippen LogP contribution in [0, 0.1) is 22.7 Å². The second-order valence-corrected chi connectivity index (χ2v) is 7.08. The molecule has 0 N–H and O–H groups in total. The molecule has 0 saturated carbocycles. The van der Waals surface area contributed by atoms with Crippen LogP contribution in [0.25, 0.3) is 27.9 Å². The fourth-order valence-corrected chi connectivity index (χ4v) is 3.41. The van der Waals surface area contributed by atoms with Crippen molar-refractivity contribution in [2.45, 2.75) is 6.42 Å². The Labute approximate surface area is 171 Å². The van der Waals surface area contributed by atoms with Crippen molar-refractivity contribution in [2.24, 2.45) is 0 Å². The highest BCUT2D eigenvalue weighted by Gasteiger charge is 2.17. The summed E-state index contributed by atoms with van der Waals surface area (Å²) in [6, 6.07) is 22.8. The first-order valence-corrected chi connectivity index (χ1v) is 9.21. The second kappa shape index (κ2) is 7.37. The number of hydrogen-bond acceptors (Lipinski definition) is 3. The summed E-state index contributed by atoms with van der Waals surface area (Å²) in [6.45, 7) is 0. The zero-order valence-corrected chi connectivity index (χ0v) is 16.0. The Morgan fingerprint density at radius 2 is 1.46 bits per heavy atom. The van der Waals surface area contributed by atoms with Crippen molar-refractivity contribution < 1.29 is 0 Å². The normalized spacial score (nSPS) is 10.6.